The molecular weight excluding hydrogens is 392 g/mol. The van der Waals surface area contributed by atoms with Gasteiger partial charge in [-0.05, 0) is 35.8 Å². The lowest BCUT2D eigenvalue weighted by Crippen LogP contribution is -2.37. The van der Waals surface area contributed by atoms with Gasteiger partial charge in [0.25, 0.3) is 0 Å². The molecule has 0 radical (unpaired) electrons. The highest BCUT2D eigenvalue weighted by Crippen LogP contribution is 2.47. The van der Waals surface area contributed by atoms with E-state index in [0.717, 1.165) is 13.0 Å². The van der Waals surface area contributed by atoms with Gasteiger partial charge in [0.1, 0.15) is 0 Å². The monoisotopic (exact) mass is 428 g/mol. The molecule has 2 heterocycles. The van der Waals surface area contributed by atoms with Crippen LogP contribution in [0.2, 0.25) is 0 Å². The first kappa shape index (κ1) is 22.4. The predicted molar refractivity (Wildman–Crippen MR) is 137 cm³/mol. The Balaban J connectivity index is 1.55. The van der Waals surface area contributed by atoms with Gasteiger partial charge in [0, 0.05) is 48.1 Å². The van der Waals surface area contributed by atoms with Crippen molar-refractivity contribution in [3.8, 4) is 0 Å². The Morgan fingerprint density at radius 2 is 1.53 bits per heavy atom. The molecule has 0 saturated carbocycles. The molecule has 0 amide bonds. The summed E-state index contributed by atoms with van der Waals surface area (Å²) in [5.41, 5.74) is 6.63. The van der Waals surface area contributed by atoms with Crippen LogP contribution in [0.25, 0.3) is 0 Å². The molecule has 0 aromatic heterocycles. The van der Waals surface area contributed by atoms with Gasteiger partial charge in [-0.15, -0.1) is 0 Å². The summed E-state index contributed by atoms with van der Waals surface area (Å²) in [6.45, 7) is 10.3. The van der Waals surface area contributed by atoms with Crippen LogP contribution in [-0.4, -0.2) is 31.3 Å². The molecule has 168 valence electrons. The van der Waals surface area contributed by atoms with E-state index in [1.165, 1.54) is 28.2 Å². The third kappa shape index (κ3) is 3.69. The van der Waals surface area contributed by atoms with Gasteiger partial charge in [0.05, 0.1) is 6.04 Å². The second kappa shape index (κ2) is 8.63. The van der Waals surface area contributed by atoms with E-state index in [2.05, 4.69) is 123 Å². The van der Waals surface area contributed by atoms with Gasteiger partial charge in [-0.3, -0.25) is 0 Å². The third-order valence-electron chi connectivity index (χ3n) is 7.24. The van der Waals surface area contributed by atoms with Crippen molar-refractivity contribution in [3.63, 3.8) is 0 Å². The molecule has 0 spiro atoms. The smallest absolute Gasteiger partial charge is 0.0565 e. The van der Waals surface area contributed by atoms with Crippen LogP contribution in [0.5, 0.6) is 0 Å². The Morgan fingerprint density at radius 1 is 0.875 bits per heavy atom. The lowest BCUT2D eigenvalue weighted by molar-refractivity contribution is 0.290. The Labute approximate surface area is 193 Å². The number of aliphatic hydroxyl groups excluding tert-OH is 1. The molecule has 0 fully saturated rings. The van der Waals surface area contributed by atoms with Gasteiger partial charge in [0.2, 0.25) is 0 Å². The lowest BCUT2D eigenvalue weighted by Gasteiger charge is -2.29. The molecule has 0 saturated heterocycles. The minimum Gasteiger partial charge on any atom is -0.396 e. The number of para-hydroxylation sites is 2. The van der Waals surface area contributed by atoms with Gasteiger partial charge in [-0.25, -0.2) is 0 Å². The number of hydrogen-bond donors (Lipinski definition) is 1. The Hall–Kier alpha value is -2.78. The lowest BCUT2D eigenvalue weighted by atomic mass is 9.80. The largest absolute Gasteiger partial charge is 0.396 e. The number of anilines is 2. The van der Waals surface area contributed by atoms with E-state index in [-0.39, 0.29) is 17.4 Å². The standard InChI is InChI=1S/C29H36N2O/c1-28(2)22-14-9-11-16-24(22)30(5)26(28)18-7-6-8-19-27-29(3,4)23-15-10-12-17-25(23)31(27)20-13-21-32/h6-12,14-19,26,32H,13,20-21H2,1-5H3/b8-6+,18-7+,27-19+. The van der Waals surface area contributed by atoms with E-state index in [9.17, 15) is 5.11 Å². The fourth-order valence-corrected chi connectivity index (χ4v) is 5.48. The van der Waals surface area contributed by atoms with Gasteiger partial charge >= 0.3 is 0 Å². The molecule has 0 aliphatic carbocycles. The molecule has 2 aromatic carbocycles. The molecule has 4 rings (SSSR count). The van der Waals surface area contributed by atoms with Crippen molar-refractivity contribution >= 4 is 11.4 Å². The molecular formula is C29H36N2O. The fraction of sp³-hybridized carbons (Fsp3) is 0.379. The topological polar surface area (TPSA) is 26.7 Å². The molecule has 2 aliphatic heterocycles. The predicted octanol–water partition coefficient (Wildman–Crippen LogP) is 5.96. The summed E-state index contributed by atoms with van der Waals surface area (Å²) in [5, 5.41) is 9.40. The zero-order chi connectivity index (χ0) is 22.9. The third-order valence-corrected chi connectivity index (χ3v) is 7.24. The Bertz CT molecular complexity index is 1060. The zero-order valence-electron chi connectivity index (χ0n) is 20.0. The van der Waals surface area contributed by atoms with Crippen LogP contribution in [-0.2, 0) is 10.8 Å². The van der Waals surface area contributed by atoms with Crippen molar-refractivity contribution in [1.82, 2.24) is 0 Å². The summed E-state index contributed by atoms with van der Waals surface area (Å²) in [4.78, 5) is 4.75. The second-order valence-corrected chi connectivity index (χ2v) is 9.99. The highest BCUT2D eigenvalue weighted by Gasteiger charge is 2.41. The Morgan fingerprint density at radius 3 is 2.22 bits per heavy atom. The van der Waals surface area contributed by atoms with Crippen LogP contribution in [0, 0.1) is 0 Å². The normalized spacial score (nSPS) is 22.3. The molecule has 2 aromatic rings. The first-order chi connectivity index (χ1) is 15.3. The molecule has 1 unspecified atom stereocenters. The van der Waals surface area contributed by atoms with Gasteiger partial charge in [-0.2, -0.15) is 0 Å². The molecule has 3 heteroatoms. The SMILES string of the molecule is CN1c2ccccc2C(C)(C)C1/C=C/C=C/C=C1/N(CCCO)c2ccccc2C1(C)C. The second-order valence-electron chi connectivity index (χ2n) is 9.99. The maximum atomic E-state index is 9.40. The summed E-state index contributed by atoms with van der Waals surface area (Å²) >= 11 is 0. The van der Waals surface area contributed by atoms with Crippen molar-refractivity contribution in [2.75, 3.05) is 30.0 Å². The van der Waals surface area contributed by atoms with E-state index in [1.54, 1.807) is 0 Å². The highest BCUT2D eigenvalue weighted by molar-refractivity contribution is 5.70. The van der Waals surface area contributed by atoms with Crippen LogP contribution in [0.3, 0.4) is 0 Å². The number of benzene rings is 2. The summed E-state index contributed by atoms with van der Waals surface area (Å²) in [7, 11) is 2.19. The first-order valence-corrected chi connectivity index (χ1v) is 11.7. The molecule has 32 heavy (non-hydrogen) atoms. The fourth-order valence-electron chi connectivity index (χ4n) is 5.48. The van der Waals surface area contributed by atoms with E-state index in [1.807, 2.05) is 0 Å². The minimum atomic E-state index is -0.0601. The van der Waals surface area contributed by atoms with Crippen molar-refractivity contribution < 1.29 is 5.11 Å². The van der Waals surface area contributed by atoms with Crippen molar-refractivity contribution in [3.05, 3.63) is 95.7 Å². The van der Waals surface area contributed by atoms with Crippen molar-refractivity contribution in [2.24, 2.45) is 0 Å². The number of hydrogen-bond acceptors (Lipinski definition) is 3. The number of nitrogens with zero attached hydrogens (tertiary/aromatic N) is 2. The number of fused-ring (bicyclic) bond motifs is 2. The molecule has 0 bridgehead atoms. The minimum absolute atomic E-state index is 0.0601. The van der Waals surface area contributed by atoms with E-state index in [0.29, 0.717) is 6.04 Å². The quantitative estimate of drug-likeness (QED) is 0.575. The summed E-state index contributed by atoms with van der Waals surface area (Å²) in [6, 6.07) is 17.7. The molecule has 3 nitrogen and oxygen atoms in total. The van der Waals surface area contributed by atoms with Crippen LogP contribution in [0.4, 0.5) is 11.4 Å². The maximum Gasteiger partial charge on any atom is 0.0565 e. The van der Waals surface area contributed by atoms with Gasteiger partial charge in [-0.1, -0.05) is 88.4 Å². The van der Waals surface area contributed by atoms with E-state index < -0.39 is 0 Å². The average Bonchev–Trinajstić information content (AvgIpc) is 3.11. The van der Waals surface area contributed by atoms with Crippen LogP contribution < -0.4 is 9.80 Å². The van der Waals surface area contributed by atoms with E-state index in [4.69, 9.17) is 0 Å². The number of allylic oxidation sites excluding steroid dienone is 5. The maximum absolute atomic E-state index is 9.40. The van der Waals surface area contributed by atoms with Crippen LogP contribution >= 0.6 is 0 Å². The Kier molecular flexibility index (Phi) is 6.05. The van der Waals surface area contributed by atoms with Gasteiger partial charge in [0.15, 0.2) is 0 Å². The molecule has 1 atom stereocenters. The molecule has 2 aliphatic rings. The molecule has 1 N–H and O–H groups in total. The van der Waals surface area contributed by atoms with Crippen molar-refractivity contribution in [1.29, 1.82) is 0 Å². The van der Waals surface area contributed by atoms with Crippen LogP contribution in [0.1, 0.15) is 45.2 Å². The number of rotatable bonds is 6. The van der Waals surface area contributed by atoms with E-state index >= 15 is 0 Å². The zero-order valence-corrected chi connectivity index (χ0v) is 20.0. The van der Waals surface area contributed by atoms with Crippen molar-refractivity contribution in [2.45, 2.75) is 51.0 Å². The number of aliphatic hydroxyl groups is 1. The first-order valence-electron chi connectivity index (χ1n) is 11.7. The summed E-state index contributed by atoms with van der Waals surface area (Å²) in [6.07, 6.45) is 11.8. The average molecular weight is 429 g/mol. The highest BCUT2D eigenvalue weighted by atomic mass is 16.3. The van der Waals surface area contributed by atoms with Gasteiger partial charge < -0.3 is 14.9 Å². The summed E-state index contributed by atoms with van der Waals surface area (Å²) in [5.74, 6) is 0. The summed E-state index contributed by atoms with van der Waals surface area (Å²) < 4.78 is 0. The van der Waals surface area contributed by atoms with Crippen LogP contribution in [0.15, 0.2) is 84.6 Å². The number of likely N-dealkylation sites (N-methyl/N-ethyl adjacent to an activating group) is 1.